The predicted molar refractivity (Wildman–Crippen MR) is 65.5 cm³/mol. The van der Waals surface area contributed by atoms with Gasteiger partial charge in [-0.25, -0.2) is 4.39 Å². The normalized spacial score (nSPS) is 12.7. The van der Waals surface area contributed by atoms with Gasteiger partial charge in [0.15, 0.2) is 0 Å². The third kappa shape index (κ3) is 4.81. The van der Waals surface area contributed by atoms with E-state index >= 15 is 0 Å². The Balaban J connectivity index is 2.42. The molecule has 0 heterocycles. The van der Waals surface area contributed by atoms with E-state index in [9.17, 15) is 4.39 Å². The lowest BCUT2D eigenvalue weighted by Gasteiger charge is -2.15. The van der Waals surface area contributed by atoms with Gasteiger partial charge in [0.05, 0.1) is 12.7 Å². The average Bonchev–Trinajstić information content (AvgIpc) is 2.32. The van der Waals surface area contributed by atoms with Crippen LogP contribution < -0.4 is 5.32 Å². The summed E-state index contributed by atoms with van der Waals surface area (Å²) in [6, 6.07) is 4.82. The third-order valence-corrected chi connectivity index (χ3v) is 2.68. The van der Waals surface area contributed by atoms with Crippen molar-refractivity contribution in [2.45, 2.75) is 19.6 Å². The summed E-state index contributed by atoms with van der Waals surface area (Å²) < 4.78 is 23.3. The minimum atomic E-state index is -0.201. The Morgan fingerprint density at radius 3 is 2.76 bits per heavy atom. The van der Waals surface area contributed by atoms with Crippen molar-refractivity contribution >= 4 is 0 Å². The number of nitrogens with one attached hydrogen (secondary N) is 1. The average molecular weight is 241 g/mol. The van der Waals surface area contributed by atoms with Gasteiger partial charge in [0.2, 0.25) is 0 Å². The number of halogens is 1. The Kier molecular flexibility index (Phi) is 6.11. The van der Waals surface area contributed by atoms with Gasteiger partial charge in [0.25, 0.3) is 0 Å². The SMILES string of the molecule is COCC(CNCc1cc(F)ccc1C)OC. The van der Waals surface area contributed by atoms with Crippen LogP contribution in [0.5, 0.6) is 0 Å². The van der Waals surface area contributed by atoms with E-state index in [2.05, 4.69) is 5.32 Å². The highest BCUT2D eigenvalue weighted by atomic mass is 19.1. The highest BCUT2D eigenvalue weighted by Crippen LogP contribution is 2.09. The molecule has 0 aliphatic carbocycles. The van der Waals surface area contributed by atoms with Gasteiger partial charge in [0.1, 0.15) is 5.82 Å². The second kappa shape index (κ2) is 7.37. The highest BCUT2D eigenvalue weighted by molar-refractivity contribution is 5.26. The molecule has 0 amide bonds. The van der Waals surface area contributed by atoms with Crippen molar-refractivity contribution in [2.24, 2.45) is 0 Å². The van der Waals surface area contributed by atoms with E-state index in [4.69, 9.17) is 9.47 Å². The second-order valence-electron chi connectivity index (χ2n) is 4.01. The van der Waals surface area contributed by atoms with Gasteiger partial charge in [-0.1, -0.05) is 6.07 Å². The van der Waals surface area contributed by atoms with E-state index in [1.165, 1.54) is 6.07 Å². The van der Waals surface area contributed by atoms with Crippen LogP contribution >= 0.6 is 0 Å². The van der Waals surface area contributed by atoms with Crippen LogP contribution in [0.15, 0.2) is 18.2 Å². The quantitative estimate of drug-likeness (QED) is 0.790. The van der Waals surface area contributed by atoms with Crippen LogP contribution in [0.4, 0.5) is 4.39 Å². The van der Waals surface area contributed by atoms with Gasteiger partial charge in [-0.15, -0.1) is 0 Å². The fourth-order valence-corrected chi connectivity index (χ4v) is 1.59. The molecular weight excluding hydrogens is 221 g/mol. The summed E-state index contributed by atoms with van der Waals surface area (Å²) in [6.07, 6.45) is 0.0221. The maximum Gasteiger partial charge on any atom is 0.123 e. The van der Waals surface area contributed by atoms with Crippen molar-refractivity contribution in [3.05, 3.63) is 35.1 Å². The molecule has 0 spiro atoms. The van der Waals surface area contributed by atoms with Crippen molar-refractivity contribution in [3.63, 3.8) is 0 Å². The topological polar surface area (TPSA) is 30.5 Å². The molecule has 1 N–H and O–H groups in total. The van der Waals surface area contributed by atoms with Gasteiger partial charge in [-0.05, 0) is 30.2 Å². The first-order valence-electron chi connectivity index (χ1n) is 5.65. The molecule has 0 aliphatic heterocycles. The Morgan fingerprint density at radius 2 is 2.12 bits per heavy atom. The maximum atomic E-state index is 13.0. The number of methoxy groups -OCH3 is 2. The summed E-state index contributed by atoms with van der Waals surface area (Å²) in [5.41, 5.74) is 2.05. The fraction of sp³-hybridized carbons (Fsp3) is 0.538. The summed E-state index contributed by atoms with van der Waals surface area (Å²) in [7, 11) is 3.29. The molecule has 3 nitrogen and oxygen atoms in total. The molecule has 0 radical (unpaired) electrons. The van der Waals surface area contributed by atoms with E-state index in [0.29, 0.717) is 19.7 Å². The molecule has 0 fully saturated rings. The molecule has 4 heteroatoms. The van der Waals surface area contributed by atoms with Crippen molar-refractivity contribution < 1.29 is 13.9 Å². The Bertz CT molecular complexity index is 344. The zero-order chi connectivity index (χ0) is 12.7. The minimum Gasteiger partial charge on any atom is -0.382 e. The van der Waals surface area contributed by atoms with Gasteiger partial charge in [0, 0.05) is 27.3 Å². The molecule has 0 aliphatic rings. The largest absolute Gasteiger partial charge is 0.382 e. The monoisotopic (exact) mass is 241 g/mol. The van der Waals surface area contributed by atoms with Crippen LogP contribution in [0.25, 0.3) is 0 Å². The lowest BCUT2D eigenvalue weighted by atomic mass is 10.1. The Morgan fingerprint density at radius 1 is 1.35 bits per heavy atom. The molecule has 1 aromatic carbocycles. The zero-order valence-corrected chi connectivity index (χ0v) is 10.6. The van der Waals surface area contributed by atoms with Crippen LogP contribution in [-0.4, -0.2) is 33.5 Å². The van der Waals surface area contributed by atoms with Crippen LogP contribution in [0.1, 0.15) is 11.1 Å². The predicted octanol–water partition coefficient (Wildman–Crippen LogP) is 1.89. The summed E-state index contributed by atoms with van der Waals surface area (Å²) in [4.78, 5) is 0. The fourth-order valence-electron chi connectivity index (χ4n) is 1.59. The smallest absolute Gasteiger partial charge is 0.123 e. The lowest BCUT2D eigenvalue weighted by Crippen LogP contribution is -2.31. The van der Waals surface area contributed by atoms with Gasteiger partial charge in [-0.2, -0.15) is 0 Å². The standard InChI is InChI=1S/C13H20FNO2/c1-10-4-5-12(14)6-11(10)7-15-8-13(17-3)9-16-2/h4-6,13,15H,7-9H2,1-3H3. The molecule has 17 heavy (non-hydrogen) atoms. The Hall–Kier alpha value is -0.970. The highest BCUT2D eigenvalue weighted by Gasteiger charge is 2.06. The summed E-state index contributed by atoms with van der Waals surface area (Å²) >= 11 is 0. The number of hydrogen-bond acceptors (Lipinski definition) is 3. The van der Waals surface area contributed by atoms with Gasteiger partial charge < -0.3 is 14.8 Å². The van der Waals surface area contributed by atoms with Gasteiger partial charge >= 0.3 is 0 Å². The molecule has 0 saturated carbocycles. The Labute approximate surface area is 102 Å². The number of ether oxygens (including phenoxy) is 2. The number of rotatable bonds is 7. The van der Waals surface area contributed by atoms with Gasteiger partial charge in [-0.3, -0.25) is 0 Å². The van der Waals surface area contributed by atoms with E-state index in [0.717, 1.165) is 11.1 Å². The zero-order valence-electron chi connectivity index (χ0n) is 10.6. The number of aryl methyl sites for hydroxylation is 1. The first kappa shape index (κ1) is 14.1. The molecule has 1 aromatic rings. The van der Waals surface area contributed by atoms with E-state index in [1.807, 2.05) is 6.92 Å². The van der Waals surface area contributed by atoms with Crippen LogP contribution in [0, 0.1) is 12.7 Å². The van der Waals surface area contributed by atoms with E-state index in [-0.39, 0.29) is 11.9 Å². The molecule has 1 rings (SSSR count). The first-order chi connectivity index (χ1) is 8.17. The maximum absolute atomic E-state index is 13.0. The van der Waals surface area contributed by atoms with Crippen molar-refractivity contribution in [1.82, 2.24) is 5.32 Å². The summed E-state index contributed by atoms with van der Waals surface area (Å²) in [5, 5.41) is 3.23. The molecular formula is C13H20FNO2. The summed E-state index contributed by atoms with van der Waals surface area (Å²) in [6.45, 7) is 3.83. The minimum absolute atomic E-state index is 0.0221. The number of hydrogen-bond donors (Lipinski definition) is 1. The first-order valence-corrected chi connectivity index (χ1v) is 5.65. The van der Waals surface area contributed by atoms with Crippen molar-refractivity contribution in [3.8, 4) is 0 Å². The third-order valence-electron chi connectivity index (χ3n) is 2.68. The van der Waals surface area contributed by atoms with E-state index < -0.39 is 0 Å². The van der Waals surface area contributed by atoms with Crippen molar-refractivity contribution in [1.29, 1.82) is 0 Å². The molecule has 0 aromatic heterocycles. The number of benzene rings is 1. The molecule has 1 atom stereocenters. The summed E-state index contributed by atoms with van der Waals surface area (Å²) in [5.74, 6) is -0.201. The molecule has 1 unspecified atom stereocenters. The van der Waals surface area contributed by atoms with Crippen LogP contribution in [0.2, 0.25) is 0 Å². The molecule has 0 bridgehead atoms. The van der Waals surface area contributed by atoms with Crippen LogP contribution in [0.3, 0.4) is 0 Å². The molecule has 0 saturated heterocycles. The molecule has 96 valence electrons. The lowest BCUT2D eigenvalue weighted by molar-refractivity contribution is 0.0288. The second-order valence-corrected chi connectivity index (χ2v) is 4.01. The van der Waals surface area contributed by atoms with Crippen molar-refractivity contribution in [2.75, 3.05) is 27.4 Å². The van der Waals surface area contributed by atoms with E-state index in [1.54, 1.807) is 26.4 Å². The van der Waals surface area contributed by atoms with Crippen LogP contribution in [-0.2, 0) is 16.0 Å².